The van der Waals surface area contributed by atoms with Crippen LogP contribution in [-0.4, -0.2) is 70.1 Å². The molecule has 2 aromatic rings. The van der Waals surface area contributed by atoms with Crippen molar-refractivity contribution in [3.8, 4) is 0 Å². The Morgan fingerprint density at radius 3 is 2.26 bits per heavy atom. The lowest BCUT2D eigenvalue weighted by atomic mass is 10.2. The lowest BCUT2D eigenvalue weighted by Gasteiger charge is -2.38. The van der Waals surface area contributed by atoms with Gasteiger partial charge in [-0.15, -0.1) is 0 Å². The van der Waals surface area contributed by atoms with Crippen LogP contribution in [0.2, 0.25) is 5.02 Å². The number of ether oxygens (including phenoxy) is 1. The Kier molecular flexibility index (Phi) is 6.33. The monoisotopic (exact) mass is 466 g/mol. The number of hydrogen-bond acceptors (Lipinski definition) is 7. The molecule has 0 atom stereocenters. The fourth-order valence-electron chi connectivity index (χ4n) is 3.89. The van der Waals surface area contributed by atoms with Crippen molar-refractivity contribution >= 4 is 38.7 Å². The summed E-state index contributed by atoms with van der Waals surface area (Å²) in [5.41, 5.74) is 1.26. The Bertz CT molecular complexity index is 1070. The van der Waals surface area contributed by atoms with Gasteiger partial charge in [-0.3, -0.25) is 10.1 Å². The highest BCUT2D eigenvalue weighted by Crippen LogP contribution is 2.33. The smallest absolute Gasteiger partial charge is 0.270 e. The Labute approximate surface area is 186 Å². The largest absolute Gasteiger partial charge is 0.379 e. The van der Waals surface area contributed by atoms with E-state index in [-0.39, 0.29) is 23.7 Å². The first kappa shape index (κ1) is 21.8. The molecular weight excluding hydrogens is 444 g/mol. The lowest BCUT2D eigenvalue weighted by Crippen LogP contribution is -2.47. The zero-order valence-corrected chi connectivity index (χ0v) is 18.4. The van der Waals surface area contributed by atoms with Gasteiger partial charge in [-0.2, -0.15) is 4.31 Å². The molecule has 2 saturated heterocycles. The molecule has 0 spiro atoms. The van der Waals surface area contributed by atoms with Crippen LogP contribution in [0.15, 0.2) is 47.4 Å². The SMILES string of the molecule is O=[N+]([O-])c1ccc(N2CCN(c3cccc(Cl)c3)CC2)c(S(=O)(=O)N2CCOCC2)c1. The van der Waals surface area contributed by atoms with Crippen LogP contribution in [0.5, 0.6) is 0 Å². The average molecular weight is 467 g/mol. The maximum atomic E-state index is 13.3. The number of benzene rings is 2. The average Bonchev–Trinajstić information content (AvgIpc) is 2.79. The summed E-state index contributed by atoms with van der Waals surface area (Å²) in [4.78, 5) is 14.9. The van der Waals surface area contributed by atoms with Crippen molar-refractivity contribution in [2.45, 2.75) is 4.90 Å². The summed E-state index contributed by atoms with van der Waals surface area (Å²) in [5.74, 6) is 0. The number of nitrogens with zero attached hydrogens (tertiary/aromatic N) is 4. The van der Waals surface area contributed by atoms with Gasteiger partial charge in [0.1, 0.15) is 4.90 Å². The van der Waals surface area contributed by atoms with Gasteiger partial charge >= 0.3 is 0 Å². The number of sulfonamides is 1. The van der Waals surface area contributed by atoms with E-state index in [1.54, 1.807) is 6.07 Å². The zero-order chi connectivity index (χ0) is 22.0. The molecule has 9 nitrogen and oxygen atoms in total. The third-order valence-electron chi connectivity index (χ3n) is 5.54. The number of piperazine rings is 1. The van der Waals surface area contributed by atoms with E-state index in [0.29, 0.717) is 50.1 Å². The molecule has 2 aliphatic rings. The van der Waals surface area contributed by atoms with Crippen LogP contribution >= 0.6 is 11.6 Å². The second kappa shape index (κ2) is 8.99. The fraction of sp³-hybridized carbons (Fsp3) is 0.400. The molecule has 11 heteroatoms. The van der Waals surface area contributed by atoms with E-state index in [2.05, 4.69) is 4.90 Å². The molecule has 0 amide bonds. The quantitative estimate of drug-likeness (QED) is 0.493. The fourth-order valence-corrected chi connectivity index (χ4v) is 5.71. The van der Waals surface area contributed by atoms with Crippen molar-refractivity contribution < 1.29 is 18.1 Å². The Balaban J connectivity index is 1.62. The third kappa shape index (κ3) is 4.62. The van der Waals surface area contributed by atoms with E-state index >= 15 is 0 Å². The molecule has 2 heterocycles. The second-order valence-electron chi connectivity index (χ2n) is 7.38. The topological polar surface area (TPSA) is 96.2 Å². The van der Waals surface area contributed by atoms with E-state index < -0.39 is 14.9 Å². The summed E-state index contributed by atoms with van der Waals surface area (Å²) >= 11 is 6.10. The van der Waals surface area contributed by atoms with Gasteiger partial charge < -0.3 is 14.5 Å². The molecule has 166 valence electrons. The summed E-state index contributed by atoms with van der Waals surface area (Å²) in [6.07, 6.45) is 0. The van der Waals surface area contributed by atoms with Crippen molar-refractivity contribution in [1.82, 2.24) is 4.31 Å². The summed E-state index contributed by atoms with van der Waals surface area (Å²) < 4.78 is 33.3. The van der Waals surface area contributed by atoms with Gasteiger partial charge in [0.25, 0.3) is 5.69 Å². The van der Waals surface area contributed by atoms with E-state index in [1.807, 2.05) is 29.2 Å². The van der Waals surface area contributed by atoms with E-state index in [9.17, 15) is 18.5 Å². The van der Waals surface area contributed by atoms with Crippen LogP contribution in [0, 0.1) is 10.1 Å². The van der Waals surface area contributed by atoms with Crippen molar-refractivity contribution in [3.63, 3.8) is 0 Å². The highest BCUT2D eigenvalue weighted by atomic mass is 35.5. The van der Waals surface area contributed by atoms with E-state index in [0.717, 1.165) is 5.69 Å². The predicted octanol–water partition coefficient (Wildman–Crippen LogP) is 2.60. The first-order valence-electron chi connectivity index (χ1n) is 9.98. The van der Waals surface area contributed by atoms with Gasteiger partial charge in [0.05, 0.1) is 23.8 Å². The number of anilines is 2. The third-order valence-corrected chi connectivity index (χ3v) is 7.70. The number of halogens is 1. The predicted molar refractivity (Wildman–Crippen MR) is 119 cm³/mol. The van der Waals surface area contributed by atoms with Gasteiger partial charge in [-0.25, -0.2) is 8.42 Å². The first-order chi connectivity index (χ1) is 14.9. The van der Waals surface area contributed by atoms with Crippen LogP contribution in [0.1, 0.15) is 0 Å². The van der Waals surface area contributed by atoms with Gasteiger partial charge in [0, 0.05) is 62.1 Å². The highest BCUT2D eigenvalue weighted by molar-refractivity contribution is 7.89. The highest BCUT2D eigenvalue weighted by Gasteiger charge is 2.32. The molecular formula is C20H23ClN4O5S. The maximum Gasteiger partial charge on any atom is 0.270 e. The minimum Gasteiger partial charge on any atom is -0.379 e. The molecule has 0 aliphatic carbocycles. The van der Waals surface area contributed by atoms with Crippen LogP contribution < -0.4 is 9.80 Å². The van der Waals surface area contributed by atoms with Crippen LogP contribution in [0.25, 0.3) is 0 Å². The minimum atomic E-state index is -3.89. The Morgan fingerprint density at radius 2 is 1.61 bits per heavy atom. The normalized spacial score (nSPS) is 18.2. The maximum absolute atomic E-state index is 13.3. The van der Waals surface area contributed by atoms with Crippen LogP contribution in [-0.2, 0) is 14.8 Å². The molecule has 2 aromatic carbocycles. The molecule has 4 rings (SSSR count). The van der Waals surface area contributed by atoms with E-state index in [1.165, 1.54) is 16.4 Å². The zero-order valence-electron chi connectivity index (χ0n) is 16.8. The Morgan fingerprint density at radius 1 is 0.935 bits per heavy atom. The van der Waals surface area contributed by atoms with Gasteiger partial charge in [0.15, 0.2) is 0 Å². The number of morpholine rings is 1. The Hall–Kier alpha value is -2.40. The summed E-state index contributed by atoms with van der Waals surface area (Å²) in [6.45, 7) is 3.58. The lowest BCUT2D eigenvalue weighted by molar-refractivity contribution is -0.385. The number of non-ortho nitro benzene ring substituents is 1. The molecule has 0 bridgehead atoms. The van der Waals surface area contributed by atoms with E-state index in [4.69, 9.17) is 16.3 Å². The summed E-state index contributed by atoms with van der Waals surface area (Å²) in [5, 5.41) is 12.0. The van der Waals surface area contributed by atoms with Crippen molar-refractivity contribution in [1.29, 1.82) is 0 Å². The second-order valence-corrected chi connectivity index (χ2v) is 9.72. The van der Waals surface area contributed by atoms with Gasteiger partial charge in [-0.05, 0) is 24.3 Å². The number of nitro benzene ring substituents is 1. The van der Waals surface area contributed by atoms with Gasteiger partial charge in [0.2, 0.25) is 10.0 Å². The molecule has 2 fully saturated rings. The number of rotatable bonds is 5. The molecule has 0 radical (unpaired) electrons. The van der Waals surface area contributed by atoms with Crippen molar-refractivity contribution in [2.24, 2.45) is 0 Å². The molecule has 0 N–H and O–H groups in total. The number of nitro groups is 1. The standard InChI is InChI=1S/C20H23ClN4O5S/c21-16-2-1-3-17(14-16)22-6-8-23(9-7-22)19-5-4-18(25(26)27)15-20(19)31(28,29)24-10-12-30-13-11-24/h1-5,14-15H,6-13H2. The molecule has 0 unspecified atom stereocenters. The molecule has 31 heavy (non-hydrogen) atoms. The molecule has 2 aliphatic heterocycles. The summed E-state index contributed by atoms with van der Waals surface area (Å²) in [6, 6.07) is 11.7. The summed E-state index contributed by atoms with van der Waals surface area (Å²) in [7, 11) is -3.89. The van der Waals surface area contributed by atoms with Crippen molar-refractivity contribution in [3.05, 3.63) is 57.6 Å². The van der Waals surface area contributed by atoms with Crippen LogP contribution in [0.3, 0.4) is 0 Å². The minimum absolute atomic E-state index is 0.0280. The molecule has 0 saturated carbocycles. The van der Waals surface area contributed by atoms with Crippen molar-refractivity contribution in [2.75, 3.05) is 62.3 Å². The van der Waals surface area contributed by atoms with Crippen LogP contribution in [0.4, 0.5) is 17.1 Å². The molecule has 0 aromatic heterocycles. The van der Waals surface area contributed by atoms with Gasteiger partial charge in [-0.1, -0.05) is 17.7 Å². The number of hydrogen-bond donors (Lipinski definition) is 0. The first-order valence-corrected chi connectivity index (χ1v) is 11.8.